The number of rotatable bonds is 14. The van der Waals surface area contributed by atoms with Crippen LogP contribution < -0.4 is 0 Å². The van der Waals surface area contributed by atoms with Gasteiger partial charge in [0, 0.05) is 6.42 Å². The Balaban J connectivity index is 3.21. The highest BCUT2D eigenvalue weighted by Gasteiger charge is 1.97. The highest BCUT2D eigenvalue weighted by molar-refractivity contribution is 5.68. The number of hydrogen-bond donors (Lipinski definition) is 0. The lowest BCUT2D eigenvalue weighted by Crippen LogP contribution is -1.98. The maximum absolute atomic E-state index is 10.9. The molecule has 0 bridgehead atoms. The molecule has 0 saturated carbocycles. The number of ether oxygens (including phenoxy) is 1. The Labute approximate surface area is 131 Å². The summed E-state index contributed by atoms with van der Waals surface area (Å²) in [5.41, 5.74) is 0. The maximum Gasteiger partial charge on any atom is 0.305 e. The lowest BCUT2D eigenvalue weighted by Gasteiger charge is -1.97. The molecule has 0 aliphatic rings. The second-order valence-electron chi connectivity index (χ2n) is 5.54. The number of carbonyl (C=O) groups is 1. The number of esters is 1. The lowest BCUT2D eigenvalue weighted by atomic mass is 10.1. The number of hydrogen-bond acceptors (Lipinski definition) is 2. The van der Waals surface area contributed by atoms with Crippen molar-refractivity contribution in [1.82, 2.24) is 0 Å². The first kappa shape index (κ1) is 19.9. The fraction of sp³-hybridized carbons (Fsp3) is 0.737. The molecule has 21 heavy (non-hydrogen) atoms. The summed E-state index contributed by atoms with van der Waals surface area (Å²) in [6.07, 6.45) is 23.1. The normalized spacial score (nSPS) is 11.5. The largest absolute Gasteiger partial charge is 0.469 e. The Morgan fingerprint density at radius 1 is 0.762 bits per heavy atom. The van der Waals surface area contributed by atoms with Gasteiger partial charge in [0.05, 0.1) is 7.11 Å². The molecule has 0 aliphatic carbocycles. The van der Waals surface area contributed by atoms with E-state index in [0.29, 0.717) is 6.42 Å². The van der Waals surface area contributed by atoms with Crippen LogP contribution in [-0.2, 0) is 9.53 Å². The van der Waals surface area contributed by atoms with E-state index in [4.69, 9.17) is 0 Å². The molecule has 0 spiro atoms. The zero-order valence-electron chi connectivity index (χ0n) is 14.1. The third kappa shape index (κ3) is 16.9. The topological polar surface area (TPSA) is 26.3 Å². The van der Waals surface area contributed by atoms with Gasteiger partial charge in [0.25, 0.3) is 0 Å². The standard InChI is InChI=1S/C19H34O2/c1-3-4-5-6-7-8-9-10-11-12-13-14-15-16-17-18-19(20)21-2/h8-9,13-14H,3-7,10-12,15-18H2,1-2H3. The zero-order valence-corrected chi connectivity index (χ0v) is 14.1. The van der Waals surface area contributed by atoms with Crippen LogP contribution in [0.2, 0.25) is 0 Å². The Hall–Kier alpha value is -1.05. The van der Waals surface area contributed by atoms with Gasteiger partial charge in [0.15, 0.2) is 0 Å². The summed E-state index contributed by atoms with van der Waals surface area (Å²) >= 11 is 0. The van der Waals surface area contributed by atoms with Gasteiger partial charge in [-0.1, -0.05) is 50.5 Å². The average Bonchev–Trinajstić information content (AvgIpc) is 2.50. The molecule has 0 fully saturated rings. The molecule has 0 amide bonds. The number of unbranched alkanes of at least 4 members (excludes halogenated alkanes) is 8. The number of carbonyl (C=O) groups excluding carboxylic acids is 1. The second kappa shape index (κ2) is 17.0. The SMILES string of the molecule is CCCCCCC=CCCCC=CCCCCC(=O)OC. The van der Waals surface area contributed by atoms with Crippen LogP contribution in [0.3, 0.4) is 0 Å². The molecular weight excluding hydrogens is 260 g/mol. The van der Waals surface area contributed by atoms with Crippen LogP contribution in [-0.4, -0.2) is 13.1 Å². The highest BCUT2D eigenvalue weighted by Crippen LogP contribution is 2.06. The minimum Gasteiger partial charge on any atom is -0.469 e. The summed E-state index contributed by atoms with van der Waals surface area (Å²) in [6, 6.07) is 0. The summed E-state index contributed by atoms with van der Waals surface area (Å²) in [5.74, 6) is -0.0968. The number of allylic oxidation sites excluding steroid dienone is 4. The van der Waals surface area contributed by atoms with E-state index >= 15 is 0 Å². The summed E-state index contributed by atoms with van der Waals surface area (Å²) in [4.78, 5) is 10.9. The molecule has 0 aromatic heterocycles. The van der Waals surface area contributed by atoms with E-state index in [-0.39, 0.29) is 5.97 Å². The first-order valence-corrected chi connectivity index (χ1v) is 8.68. The molecule has 0 saturated heterocycles. The van der Waals surface area contributed by atoms with Crippen LogP contribution in [0.1, 0.15) is 84.0 Å². The first-order chi connectivity index (χ1) is 10.3. The summed E-state index contributed by atoms with van der Waals surface area (Å²) in [6.45, 7) is 2.25. The van der Waals surface area contributed by atoms with Crippen molar-refractivity contribution in [1.29, 1.82) is 0 Å². The molecule has 122 valence electrons. The van der Waals surface area contributed by atoms with Gasteiger partial charge < -0.3 is 4.74 Å². The van der Waals surface area contributed by atoms with Crippen LogP contribution in [0.15, 0.2) is 24.3 Å². The van der Waals surface area contributed by atoms with Crippen LogP contribution in [0.25, 0.3) is 0 Å². The zero-order chi connectivity index (χ0) is 15.6. The predicted octanol–water partition coefficient (Wildman–Crippen LogP) is 5.97. The fourth-order valence-electron chi connectivity index (χ4n) is 2.15. The Morgan fingerprint density at radius 2 is 1.29 bits per heavy atom. The van der Waals surface area contributed by atoms with Gasteiger partial charge >= 0.3 is 5.97 Å². The van der Waals surface area contributed by atoms with Crippen molar-refractivity contribution in [3.63, 3.8) is 0 Å². The molecule has 0 unspecified atom stereocenters. The molecule has 0 N–H and O–H groups in total. The van der Waals surface area contributed by atoms with Crippen molar-refractivity contribution in [2.75, 3.05) is 7.11 Å². The van der Waals surface area contributed by atoms with Crippen molar-refractivity contribution in [2.45, 2.75) is 84.0 Å². The van der Waals surface area contributed by atoms with Gasteiger partial charge in [-0.05, 0) is 51.4 Å². The van der Waals surface area contributed by atoms with E-state index in [1.165, 1.54) is 52.1 Å². The Kier molecular flexibility index (Phi) is 16.2. The summed E-state index contributed by atoms with van der Waals surface area (Å²) < 4.78 is 4.61. The minimum absolute atomic E-state index is 0.0968. The molecule has 0 aromatic rings. The molecule has 0 aliphatic heterocycles. The Bertz CT molecular complexity index is 279. The van der Waals surface area contributed by atoms with Crippen LogP contribution in [0, 0.1) is 0 Å². The monoisotopic (exact) mass is 294 g/mol. The van der Waals surface area contributed by atoms with Gasteiger partial charge in [-0.2, -0.15) is 0 Å². The maximum atomic E-state index is 10.9. The van der Waals surface area contributed by atoms with Gasteiger partial charge in [-0.25, -0.2) is 0 Å². The van der Waals surface area contributed by atoms with Gasteiger partial charge in [-0.3, -0.25) is 4.79 Å². The van der Waals surface area contributed by atoms with E-state index in [2.05, 4.69) is 36.0 Å². The number of methoxy groups -OCH3 is 1. The van der Waals surface area contributed by atoms with Crippen LogP contribution >= 0.6 is 0 Å². The molecule has 0 atom stereocenters. The molecule has 2 nitrogen and oxygen atoms in total. The van der Waals surface area contributed by atoms with E-state index in [1.54, 1.807) is 0 Å². The first-order valence-electron chi connectivity index (χ1n) is 8.68. The highest BCUT2D eigenvalue weighted by atomic mass is 16.5. The Morgan fingerprint density at radius 3 is 1.81 bits per heavy atom. The molecule has 0 aromatic carbocycles. The van der Waals surface area contributed by atoms with Crippen molar-refractivity contribution < 1.29 is 9.53 Å². The smallest absolute Gasteiger partial charge is 0.305 e. The van der Waals surface area contributed by atoms with E-state index in [0.717, 1.165) is 25.7 Å². The molecule has 0 radical (unpaired) electrons. The van der Waals surface area contributed by atoms with E-state index in [9.17, 15) is 4.79 Å². The van der Waals surface area contributed by atoms with Gasteiger partial charge in [0.1, 0.15) is 0 Å². The van der Waals surface area contributed by atoms with Crippen LogP contribution in [0.5, 0.6) is 0 Å². The van der Waals surface area contributed by atoms with Gasteiger partial charge in [-0.15, -0.1) is 0 Å². The van der Waals surface area contributed by atoms with Crippen LogP contribution in [0.4, 0.5) is 0 Å². The van der Waals surface area contributed by atoms with Crippen molar-refractivity contribution in [2.24, 2.45) is 0 Å². The molecule has 2 heteroatoms. The average molecular weight is 294 g/mol. The molecule has 0 heterocycles. The molecular formula is C19H34O2. The summed E-state index contributed by atoms with van der Waals surface area (Å²) in [7, 11) is 1.45. The van der Waals surface area contributed by atoms with Crippen molar-refractivity contribution in [3.8, 4) is 0 Å². The molecule has 0 rings (SSSR count). The lowest BCUT2D eigenvalue weighted by molar-refractivity contribution is -0.140. The van der Waals surface area contributed by atoms with Gasteiger partial charge in [0.2, 0.25) is 0 Å². The van der Waals surface area contributed by atoms with Crippen molar-refractivity contribution >= 4 is 5.97 Å². The third-order valence-electron chi connectivity index (χ3n) is 3.53. The minimum atomic E-state index is -0.0968. The second-order valence-corrected chi connectivity index (χ2v) is 5.54. The third-order valence-corrected chi connectivity index (χ3v) is 3.53. The fourth-order valence-corrected chi connectivity index (χ4v) is 2.15. The quantitative estimate of drug-likeness (QED) is 0.224. The van der Waals surface area contributed by atoms with Crippen molar-refractivity contribution in [3.05, 3.63) is 24.3 Å². The van der Waals surface area contributed by atoms with E-state index < -0.39 is 0 Å². The summed E-state index contributed by atoms with van der Waals surface area (Å²) in [5, 5.41) is 0. The predicted molar refractivity (Wildman–Crippen MR) is 91.4 cm³/mol. The van der Waals surface area contributed by atoms with E-state index in [1.807, 2.05) is 0 Å².